The lowest BCUT2D eigenvalue weighted by atomic mass is 10.2. The molecule has 0 fully saturated rings. The summed E-state index contributed by atoms with van der Waals surface area (Å²) in [5.41, 5.74) is 1.24. The maximum Gasteiger partial charge on any atom is 0.213 e. The van der Waals surface area contributed by atoms with Crippen molar-refractivity contribution in [2.75, 3.05) is 0 Å². The van der Waals surface area contributed by atoms with Gasteiger partial charge in [0.25, 0.3) is 0 Å². The summed E-state index contributed by atoms with van der Waals surface area (Å²) >= 11 is 5.58. The number of ether oxygens (including phenoxy) is 1. The van der Waals surface area contributed by atoms with Crippen LogP contribution in [0.4, 0.5) is 8.78 Å². The smallest absolute Gasteiger partial charge is 0.213 e. The van der Waals surface area contributed by atoms with E-state index in [0.717, 1.165) is 17.7 Å². The number of hydrogen-bond donors (Lipinski definition) is 1. The molecule has 0 unspecified atom stereocenters. The van der Waals surface area contributed by atoms with Crippen LogP contribution in [0.5, 0.6) is 5.88 Å². The zero-order valence-corrected chi connectivity index (χ0v) is 11.5. The summed E-state index contributed by atoms with van der Waals surface area (Å²) in [7, 11) is 0. The molecule has 110 valence electrons. The van der Waals surface area contributed by atoms with Crippen molar-refractivity contribution in [3.8, 4) is 5.88 Å². The van der Waals surface area contributed by atoms with Gasteiger partial charge in [-0.2, -0.15) is 0 Å². The summed E-state index contributed by atoms with van der Waals surface area (Å²) in [4.78, 5) is 4.04. The quantitative estimate of drug-likeness (QED) is 0.522. The van der Waals surface area contributed by atoms with Gasteiger partial charge in [-0.15, -0.1) is 0 Å². The van der Waals surface area contributed by atoms with Gasteiger partial charge in [0.2, 0.25) is 5.88 Å². The molecule has 1 aromatic carbocycles. The Bertz CT molecular complexity index is 648. The maximum absolute atomic E-state index is 13.0. The first-order chi connectivity index (χ1) is 10.1. The third-order valence-electron chi connectivity index (χ3n) is 2.63. The Morgan fingerprint density at radius 1 is 1.19 bits per heavy atom. The highest BCUT2D eigenvalue weighted by Crippen LogP contribution is 2.13. The van der Waals surface area contributed by atoms with Gasteiger partial charge in [-0.25, -0.2) is 13.8 Å². The van der Waals surface area contributed by atoms with E-state index in [-0.39, 0.29) is 18.2 Å². The van der Waals surface area contributed by atoms with Crippen LogP contribution in [-0.4, -0.2) is 15.4 Å². The molecule has 21 heavy (non-hydrogen) atoms. The molecule has 0 amide bonds. The molecule has 0 atom stereocenters. The van der Waals surface area contributed by atoms with E-state index in [4.69, 9.17) is 21.5 Å². The Labute approximate surface area is 124 Å². The van der Waals surface area contributed by atoms with Gasteiger partial charge < -0.3 is 9.94 Å². The van der Waals surface area contributed by atoms with E-state index < -0.39 is 11.6 Å². The second kappa shape index (κ2) is 6.99. The van der Waals surface area contributed by atoms with Gasteiger partial charge in [0.05, 0.1) is 0 Å². The number of hydrogen-bond acceptors (Lipinski definition) is 4. The molecule has 1 N–H and O–H groups in total. The molecule has 7 heteroatoms. The van der Waals surface area contributed by atoms with Crippen molar-refractivity contribution in [2.45, 2.75) is 13.0 Å². The van der Waals surface area contributed by atoms with Crippen molar-refractivity contribution >= 4 is 16.8 Å². The number of benzene rings is 1. The van der Waals surface area contributed by atoms with Crippen LogP contribution in [0, 0.1) is 11.6 Å². The highest BCUT2D eigenvalue weighted by Gasteiger charge is 2.04. The fourth-order valence-corrected chi connectivity index (χ4v) is 1.75. The van der Waals surface area contributed by atoms with E-state index in [1.807, 2.05) is 0 Å². The highest BCUT2D eigenvalue weighted by molar-refractivity contribution is 6.65. The topological polar surface area (TPSA) is 54.7 Å². The van der Waals surface area contributed by atoms with Crippen LogP contribution < -0.4 is 4.74 Å². The van der Waals surface area contributed by atoms with Crippen LogP contribution in [0.2, 0.25) is 0 Å². The summed E-state index contributed by atoms with van der Waals surface area (Å²) in [5, 5.41) is 11.4. The first-order valence-corrected chi connectivity index (χ1v) is 6.34. The number of aromatic nitrogens is 1. The van der Waals surface area contributed by atoms with Gasteiger partial charge in [0, 0.05) is 18.7 Å². The Morgan fingerprint density at radius 3 is 2.57 bits per heavy atom. The van der Waals surface area contributed by atoms with Crippen LogP contribution in [0.1, 0.15) is 11.1 Å². The minimum absolute atomic E-state index is 0.0484. The molecule has 1 heterocycles. The monoisotopic (exact) mass is 312 g/mol. The molecule has 0 aliphatic heterocycles. The van der Waals surface area contributed by atoms with Crippen LogP contribution in [-0.2, 0) is 13.0 Å². The molecule has 0 aliphatic rings. The zero-order chi connectivity index (χ0) is 15.2. The number of nitrogens with zero attached hydrogens (tertiary/aromatic N) is 2. The molecular formula is C14H11ClF2N2O2. The molecule has 0 radical (unpaired) electrons. The fourth-order valence-electron chi connectivity index (χ4n) is 1.59. The number of oxime groups is 1. The Balaban J connectivity index is 1.95. The summed E-state index contributed by atoms with van der Waals surface area (Å²) in [6.45, 7) is 0.0718. The zero-order valence-electron chi connectivity index (χ0n) is 10.8. The molecule has 2 rings (SSSR count). The molecule has 4 nitrogen and oxygen atoms in total. The minimum atomic E-state index is -0.919. The predicted octanol–water partition coefficient (Wildman–Crippen LogP) is 3.51. The minimum Gasteiger partial charge on any atom is -0.473 e. The summed E-state index contributed by atoms with van der Waals surface area (Å²) in [5.74, 6) is -1.48. The van der Waals surface area contributed by atoms with E-state index >= 15 is 0 Å². The Kier molecular flexibility index (Phi) is 5.05. The van der Waals surface area contributed by atoms with E-state index in [2.05, 4.69) is 10.1 Å². The maximum atomic E-state index is 13.0. The van der Waals surface area contributed by atoms with Crippen molar-refractivity contribution in [1.29, 1.82) is 0 Å². The molecule has 0 aliphatic carbocycles. The van der Waals surface area contributed by atoms with Gasteiger partial charge in [-0.05, 0) is 23.3 Å². The van der Waals surface area contributed by atoms with Crippen molar-refractivity contribution in [1.82, 2.24) is 4.98 Å². The summed E-state index contributed by atoms with van der Waals surface area (Å²) in [6.07, 6.45) is 1.78. The summed E-state index contributed by atoms with van der Waals surface area (Å²) < 4.78 is 31.2. The summed E-state index contributed by atoms with van der Waals surface area (Å²) in [6, 6.07) is 6.87. The second-order valence-electron chi connectivity index (χ2n) is 4.19. The van der Waals surface area contributed by atoms with E-state index in [1.54, 1.807) is 12.1 Å². The number of halogens is 3. The molecular weight excluding hydrogens is 302 g/mol. The highest BCUT2D eigenvalue weighted by atomic mass is 35.5. The van der Waals surface area contributed by atoms with Crippen molar-refractivity contribution in [2.24, 2.45) is 5.16 Å². The van der Waals surface area contributed by atoms with Crippen LogP contribution in [0.3, 0.4) is 0 Å². The van der Waals surface area contributed by atoms with Gasteiger partial charge in [-0.1, -0.05) is 28.9 Å². The first-order valence-electron chi connectivity index (χ1n) is 5.96. The largest absolute Gasteiger partial charge is 0.473 e. The predicted molar refractivity (Wildman–Crippen MR) is 73.7 cm³/mol. The SMILES string of the molecule is ON=C(Cl)Cc1ccc(OCc2ccc(F)c(F)c2)nc1. The van der Waals surface area contributed by atoms with Crippen molar-refractivity contribution in [3.63, 3.8) is 0 Å². The van der Waals surface area contributed by atoms with Gasteiger partial charge >= 0.3 is 0 Å². The molecule has 0 bridgehead atoms. The average molecular weight is 313 g/mol. The third-order valence-corrected chi connectivity index (χ3v) is 2.84. The molecule has 2 aromatic rings. The molecule has 0 saturated heterocycles. The first kappa shape index (κ1) is 15.2. The number of pyridine rings is 1. The second-order valence-corrected chi connectivity index (χ2v) is 4.63. The van der Waals surface area contributed by atoms with Crippen molar-refractivity contribution in [3.05, 3.63) is 59.3 Å². The van der Waals surface area contributed by atoms with Gasteiger partial charge in [-0.3, -0.25) is 0 Å². The standard InChI is InChI=1S/C14H11ClF2N2O2/c15-13(19-20)6-9-2-4-14(18-7-9)21-8-10-1-3-11(16)12(17)5-10/h1-5,7,20H,6,8H2. The third kappa shape index (κ3) is 4.39. The van der Waals surface area contributed by atoms with Gasteiger partial charge in [0.15, 0.2) is 11.6 Å². The van der Waals surface area contributed by atoms with Gasteiger partial charge in [0.1, 0.15) is 11.8 Å². The van der Waals surface area contributed by atoms with Crippen molar-refractivity contribution < 1.29 is 18.7 Å². The normalized spacial score (nSPS) is 11.5. The van der Waals surface area contributed by atoms with E-state index in [0.29, 0.717) is 11.4 Å². The molecule has 0 saturated carbocycles. The Hall–Kier alpha value is -2.21. The van der Waals surface area contributed by atoms with Crippen LogP contribution >= 0.6 is 11.6 Å². The molecule has 1 aromatic heterocycles. The van der Waals surface area contributed by atoms with E-state index in [9.17, 15) is 8.78 Å². The van der Waals surface area contributed by atoms with E-state index in [1.165, 1.54) is 12.3 Å². The lowest BCUT2D eigenvalue weighted by Gasteiger charge is -2.06. The van der Waals surface area contributed by atoms with Crippen LogP contribution in [0.25, 0.3) is 0 Å². The fraction of sp³-hybridized carbons (Fsp3) is 0.143. The average Bonchev–Trinajstić information content (AvgIpc) is 2.50. The number of rotatable bonds is 5. The lowest BCUT2D eigenvalue weighted by Crippen LogP contribution is -2.00. The van der Waals surface area contributed by atoms with Crippen LogP contribution in [0.15, 0.2) is 41.7 Å². The lowest BCUT2D eigenvalue weighted by molar-refractivity contribution is 0.292. The Morgan fingerprint density at radius 2 is 1.95 bits per heavy atom. The molecule has 0 spiro atoms.